The van der Waals surface area contributed by atoms with Crippen molar-refractivity contribution in [2.24, 2.45) is 5.92 Å². The van der Waals surface area contributed by atoms with Crippen molar-refractivity contribution in [1.82, 2.24) is 24.4 Å². The van der Waals surface area contributed by atoms with Crippen molar-refractivity contribution in [3.8, 4) is 17.3 Å². The van der Waals surface area contributed by atoms with Crippen LogP contribution in [-0.2, 0) is 12.7 Å². The average molecular weight is 529 g/mol. The highest BCUT2D eigenvalue weighted by Crippen LogP contribution is 2.38. The highest BCUT2D eigenvalue weighted by molar-refractivity contribution is 5.64. The molecule has 2 unspecified atom stereocenters. The van der Waals surface area contributed by atoms with E-state index < -0.39 is 17.6 Å². The lowest BCUT2D eigenvalue weighted by molar-refractivity contribution is -0.139. The molecule has 4 heterocycles. The third kappa shape index (κ3) is 5.03. The van der Waals surface area contributed by atoms with Crippen molar-refractivity contribution in [2.75, 3.05) is 43.4 Å². The summed E-state index contributed by atoms with van der Waals surface area (Å²) < 4.78 is 56.1. The zero-order chi connectivity index (χ0) is 27.0. The molecule has 12 heteroatoms. The molecule has 0 saturated carbocycles. The van der Waals surface area contributed by atoms with Crippen LogP contribution in [0, 0.1) is 23.1 Å². The molecule has 2 fully saturated rings. The van der Waals surface area contributed by atoms with Crippen LogP contribution in [0.3, 0.4) is 0 Å². The Balaban J connectivity index is 1.44. The Morgan fingerprint density at radius 1 is 1.16 bits per heavy atom. The number of halogens is 4. The van der Waals surface area contributed by atoms with Gasteiger partial charge in [0, 0.05) is 43.9 Å². The van der Waals surface area contributed by atoms with E-state index in [0.29, 0.717) is 37.6 Å². The summed E-state index contributed by atoms with van der Waals surface area (Å²) in [4.78, 5) is 17.3. The lowest BCUT2D eigenvalue weighted by Crippen LogP contribution is -2.41. The van der Waals surface area contributed by atoms with E-state index in [-0.39, 0.29) is 28.8 Å². The number of nitrogen functional groups attached to an aromatic ring is 1. The lowest BCUT2D eigenvalue weighted by atomic mass is 9.86. The standard InChI is InChI=1S/C26H28F4N8/c1-16-13-37(24-19(12-31)23(32)33-15-34-24)8-5-18(16)25-35-22(14-38(25)10-9-36-6-2-7-36)17-3-4-21(27)20(11-17)26(28,29)30/h3-4,11,14-16,18H,2,5-10,13H2,1H3,(H2,32,33,34). The molecule has 2 saturated heterocycles. The Morgan fingerprint density at radius 3 is 2.61 bits per heavy atom. The number of alkyl halides is 3. The van der Waals surface area contributed by atoms with Crippen molar-refractivity contribution in [1.29, 1.82) is 5.26 Å². The fraction of sp³-hybridized carbons (Fsp3) is 0.462. The van der Waals surface area contributed by atoms with E-state index in [9.17, 15) is 22.8 Å². The summed E-state index contributed by atoms with van der Waals surface area (Å²) in [5.74, 6) is 0.260. The maximum atomic E-state index is 13.9. The third-order valence-corrected chi connectivity index (χ3v) is 7.49. The first-order chi connectivity index (χ1) is 18.2. The Bertz CT molecular complexity index is 1360. The van der Waals surface area contributed by atoms with Gasteiger partial charge in [0.05, 0.1) is 11.3 Å². The van der Waals surface area contributed by atoms with Crippen molar-refractivity contribution in [3.63, 3.8) is 0 Å². The largest absolute Gasteiger partial charge is 0.419 e. The molecule has 0 amide bonds. The van der Waals surface area contributed by atoms with Crippen molar-refractivity contribution in [3.05, 3.63) is 53.5 Å². The molecule has 2 aliphatic rings. The molecule has 2 N–H and O–H groups in total. The van der Waals surface area contributed by atoms with E-state index in [1.54, 1.807) is 6.20 Å². The topological polar surface area (TPSA) is 99.9 Å². The number of likely N-dealkylation sites (tertiary alicyclic amines) is 1. The van der Waals surface area contributed by atoms with Crippen LogP contribution >= 0.6 is 0 Å². The Morgan fingerprint density at radius 2 is 1.95 bits per heavy atom. The van der Waals surface area contributed by atoms with Crippen LogP contribution in [0.15, 0.2) is 30.7 Å². The Labute approximate surface area is 217 Å². The minimum atomic E-state index is -4.79. The molecule has 0 aliphatic carbocycles. The first-order valence-corrected chi connectivity index (χ1v) is 12.6. The summed E-state index contributed by atoms with van der Waals surface area (Å²) in [6.45, 7) is 6.82. The molecule has 200 valence electrons. The lowest BCUT2D eigenvalue weighted by Gasteiger charge is -2.38. The molecular formula is C26H28F4N8. The van der Waals surface area contributed by atoms with Gasteiger partial charge >= 0.3 is 6.18 Å². The van der Waals surface area contributed by atoms with Gasteiger partial charge in [-0.2, -0.15) is 18.4 Å². The van der Waals surface area contributed by atoms with E-state index in [1.165, 1.54) is 12.4 Å². The number of piperidine rings is 1. The fourth-order valence-corrected chi connectivity index (χ4v) is 5.26. The zero-order valence-corrected chi connectivity index (χ0v) is 20.9. The summed E-state index contributed by atoms with van der Waals surface area (Å²) >= 11 is 0. The number of nitrogens with zero attached hydrogens (tertiary/aromatic N) is 7. The van der Waals surface area contributed by atoms with Gasteiger partial charge in [0.1, 0.15) is 35.4 Å². The molecule has 3 aromatic rings. The van der Waals surface area contributed by atoms with Gasteiger partial charge in [0.15, 0.2) is 5.82 Å². The summed E-state index contributed by atoms with van der Waals surface area (Å²) in [5.41, 5.74) is 5.44. The van der Waals surface area contributed by atoms with Crippen LogP contribution in [0.4, 0.5) is 29.2 Å². The van der Waals surface area contributed by atoms with Gasteiger partial charge in [-0.15, -0.1) is 0 Å². The predicted molar refractivity (Wildman–Crippen MR) is 134 cm³/mol. The number of imidazole rings is 1. The van der Waals surface area contributed by atoms with Gasteiger partial charge in [-0.3, -0.25) is 0 Å². The smallest absolute Gasteiger partial charge is 0.382 e. The van der Waals surface area contributed by atoms with Crippen LogP contribution in [0.25, 0.3) is 11.3 Å². The van der Waals surface area contributed by atoms with Crippen LogP contribution < -0.4 is 10.6 Å². The zero-order valence-electron chi connectivity index (χ0n) is 20.9. The second kappa shape index (κ2) is 10.2. The minimum absolute atomic E-state index is 0.0312. The number of nitrogens with two attached hydrogens (primary N) is 1. The molecule has 38 heavy (non-hydrogen) atoms. The molecule has 2 atom stereocenters. The van der Waals surface area contributed by atoms with Crippen LogP contribution in [0.1, 0.15) is 42.6 Å². The quantitative estimate of drug-likeness (QED) is 0.477. The Kier molecular flexibility index (Phi) is 6.96. The molecular weight excluding hydrogens is 500 g/mol. The molecule has 0 radical (unpaired) electrons. The summed E-state index contributed by atoms with van der Waals surface area (Å²) in [7, 11) is 0. The van der Waals surface area contributed by atoms with Gasteiger partial charge in [0.25, 0.3) is 0 Å². The average Bonchev–Trinajstić information content (AvgIpc) is 3.26. The molecule has 2 aliphatic heterocycles. The van der Waals surface area contributed by atoms with Crippen molar-refractivity contribution in [2.45, 2.75) is 38.4 Å². The van der Waals surface area contributed by atoms with Gasteiger partial charge in [-0.1, -0.05) is 6.92 Å². The number of rotatable bonds is 6. The van der Waals surface area contributed by atoms with Gasteiger partial charge < -0.3 is 20.1 Å². The van der Waals surface area contributed by atoms with Gasteiger partial charge in [-0.25, -0.2) is 19.3 Å². The number of hydrogen-bond acceptors (Lipinski definition) is 7. The third-order valence-electron chi connectivity index (χ3n) is 7.49. The van der Waals surface area contributed by atoms with Crippen LogP contribution in [0.5, 0.6) is 0 Å². The van der Waals surface area contributed by atoms with Crippen molar-refractivity contribution >= 4 is 11.6 Å². The summed E-state index contributed by atoms with van der Waals surface area (Å²) in [5, 5.41) is 9.54. The van der Waals surface area contributed by atoms with Crippen molar-refractivity contribution < 1.29 is 17.6 Å². The van der Waals surface area contributed by atoms with E-state index in [2.05, 4.69) is 27.9 Å². The maximum absolute atomic E-state index is 13.9. The number of nitriles is 1. The molecule has 2 aromatic heterocycles. The molecule has 0 bridgehead atoms. The fourth-order valence-electron chi connectivity index (χ4n) is 5.26. The second-order valence-corrected chi connectivity index (χ2v) is 9.95. The van der Waals surface area contributed by atoms with Crippen LogP contribution in [0.2, 0.25) is 0 Å². The van der Waals surface area contributed by atoms with E-state index in [1.807, 2.05) is 9.47 Å². The molecule has 0 spiro atoms. The van der Waals surface area contributed by atoms with E-state index >= 15 is 0 Å². The monoisotopic (exact) mass is 528 g/mol. The first-order valence-electron chi connectivity index (χ1n) is 12.6. The van der Waals surface area contributed by atoms with E-state index in [4.69, 9.17) is 10.7 Å². The normalized spacial score (nSPS) is 20.3. The van der Waals surface area contributed by atoms with Crippen LogP contribution in [-0.4, -0.2) is 57.1 Å². The number of aromatic nitrogens is 4. The first kappa shape index (κ1) is 25.9. The van der Waals surface area contributed by atoms with Gasteiger partial charge in [0.2, 0.25) is 0 Å². The molecule has 5 rings (SSSR count). The van der Waals surface area contributed by atoms with Gasteiger partial charge in [-0.05, 0) is 50.0 Å². The SMILES string of the molecule is CC1CN(c2ncnc(N)c2C#N)CCC1c1nc(-c2ccc(F)c(C(F)(F)F)c2)cn1CCN1CCC1. The highest BCUT2D eigenvalue weighted by Gasteiger charge is 2.35. The van der Waals surface area contributed by atoms with E-state index in [0.717, 1.165) is 44.0 Å². The summed E-state index contributed by atoms with van der Waals surface area (Å²) in [6.07, 6.45) is 0.186. The second-order valence-electron chi connectivity index (χ2n) is 9.95. The minimum Gasteiger partial charge on any atom is -0.382 e. The summed E-state index contributed by atoms with van der Waals surface area (Å²) in [6, 6.07) is 5.10. The molecule has 8 nitrogen and oxygen atoms in total. The number of hydrogen-bond donors (Lipinski definition) is 1. The highest BCUT2D eigenvalue weighted by atomic mass is 19.4. The maximum Gasteiger partial charge on any atom is 0.419 e. The Hall–Kier alpha value is -3.72. The number of benzene rings is 1. The predicted octanol–water partition coefficient (Wildman–Crippen LogP) is 4.29. The number of anilines is 2. The molecule has 1 aromatic carbocycles.